The Balaban J connectivity index is 2.55. The van der Waals surface area contributed by atoms with E-state index in [-0.39, 0.29) is 0 Å². The number of hydrogen-bond donors (Lipinski definition) is 1. The largest absolute Gasteiger partial charge is 0.272 e. The second-order valence-corrected chi connectivity index (χ2v) is 4.76. The van der Waals surface area contributed by atoms with Gasteiger partial charge in [0.2, 0.25) is 10.0 Å². The molecule has 0 spiro atoms. The predicted molar refractivity (Wildman–Crippen MR) is 48.7 cm³/mol. The third kappa shape index (κ3) is 3.71. The lowest BCUT2D eigenvalue weighted by atomic mass is 10.2. The Labute approximate surface area is 73.1 Å². The lowest BCUT2D eigenvalue weighted by Gasteiger charge is -2.04. The standard InChI is InChI=1S/C7H14N2O2S/c1-12(10,11)9-7-5-3-2-4-6-8-7/h2-6H2,1H3,(H,8,9). The van der Waals surface area contributed by atoms with Crippen molar-refractivity contribution in [3.8, 4) is 0 Å². The number of hydrogen-bond acceptors (Lipinski definition) is 3. The lowest BCUT2D eigenvalue weighted by Crippen LogP contribution is -2.29. The van der Waals surface area contributed by atoms with E-state index in [1.165, 1.54) is 0 Å². The lowest BCUT2D eigenvalue weighted by molar-refractivity contribution is 0.598. The summed E-state index contributed by atoms with van der Waals surface area (Å²) in [5.74, 6) is 0.620. The van der Waals surface area contributed by atoms with Crippen molar-refractivity contribution in [1.29, 1.82) is 0 Å². The average molecular weight is 190 g/mol. The Kier molecular flexibility index (Phi) is 3.08. The maximum absolute atomic E-state index is 10.8. The molecule has 1 aliphatic heterocycles. The molecule has 0 radical (unpaired) electrons. The van der Waals surface area contributed by atoms with Crippen LogP contribution in [0.4, 0.5) is 0 Å². The minimum absolute atomic E-state index is 0.620. The van der Waals surface area contributed by atoms with Gasteiger partial charge in [-0.1, -0.05) is 6.42 Å². The van der Waals surface area contributed by atoms with Gasteiger partial charge in [0.05, 0.1) is 6.26 Å². The van der Waals surface area contributed by atoms with E-state index in [1.807, 2.05) is 0 Å². The van der Waals surface area contributed by atoms with Crippen LogP contribution in [0.15, 0.2) is 4.99 Å². The Hall–Kier alpha value is -0.580. The maximum Gasteiger partial charge on any atom is 0.230 e. The molecule has 70 valence electrons. The van der Waals surface area contributed by atoms with Crippen LogP contribution in [-0.2, 0) is 10.0 Å². The molecule has 0 aliphatic carbocycles. The van der Waals surface area contributed by atoms with E-state index in [1.54, 1.807) is 0 Å². The molecular weight excluding hydrogens is 176 g/mol. The summed E-state index contributed by atoms with van der Waals surface area (Å²) in [7, 11) is -3.12. The van der Waals surface area contributed by atoms with E-state index in [4.69, 9.17) is 0 Å². The van der Waals surface area contributed by atoms with Crippen molar-refractivity contribution >= 4 is 15.9 Å². The molecule has 1 aliphatic rings. The third-order valence-corrected chi connectivity index (χ3v) is 2.28. The van der Waals surface area contributed by atoms with Crippen molar-refractivity contribution in [1.82, 2.24) is 4.72 Å². The highest BCUT2D eigenvalue weighted by Crippen LogP contribution is 2.06. The number of aliphatic imine (C=N–C) groups is 1. The van der Waals surface area contributed by atoms with Crippen LogP contribution in [0.1, 0.15) is 25.7 Å². The molecule has 4 nitrogen and oxygen atoms in total. The van der Waals surface area contributed by atoms with E-state index in [0.717, 1.165) is 38.5 Å². The van der Waals surface area contributed by atoms with Crippen molar-refractivity contribution in [2.45, 2.75) is 25.7 Å². The van der Waals surface area contributed by atoms with Gasteiger partial charge < -0.3 is 0 Å². The van der Waals surface area contributed by atoms with E-state index in [2.05, 4.69) is 9.71 Å². The average Bonchev–Trinajstić information content (AvgIpc) is 2.12. The van der Waals surface area contributed by atoms with Crippen LogP contribution in [-0.4, -0.2) is 27.1 Å². The van der Waals surface area contributed by atoms with Gasteiger partial charge in [-0.3, -0.25) is 9.71 Å². The molecule has 0 saturated carbocycles. The minimum Gasteiger partial charge on any atom is -0.272 e. The van der Waals surface area contributed by atoms with Crippen molar-refractivity contribution in [3.05, 3.63) is 0 Å². The maximum atomic E-state index is 10.8. The number of nitrogens with zero attached hydrogens (tertiary/aromatic N) is 1. The molecule has 0 aromatic rings. The van der Waals surface area contributed by atoms with E-state index >= 15 is 0 Å². The molecule has 0 fully saturated rings. The molecular formula is C7H14N2O2S. The molecule has 0 aromatic heterocycles. The van der Waals surface area contributed by atoms with Crippen molar-refractivity contribution < 1.29 is 8.42 Å². The Morgan fingerprint density at radius 2 is 2.08 bits per heavy atom. The molecule has 5 heteroatoms. The summed E-state index contributed by atoms with van der Waals surface area (Å²) >= 11 is 0. The summed E-state index contributed by atoms with van der Waals surface area (Å²) in [4.78, 5) is 4.13. The molecule has 1 rings (SSSR count). The highest BCUT2D eigenvalue weighted by Gasteiger charge is 2.07. The van der Waals surface area contributed by atoms with Crippen LogP contribution in [0.25, 0.3) is 0 Å². The summed E-state index contributed by atoms with van der Waals surface area (Å²) in [5.41, 5.74) is 0. The van der Waals surface area contributed by atoms with Crippen LogP contribution in [0.2, 0.25) is 0 Å². The highest BCUT2D eigenvalue weighted by atomic mass is 32.2. The molecule has 0 amide bonds. The molecule has 0 atom stereocenters. The van der Waals surface area contributed by atoms with Gasteiger partial charge in [0.15, 0.2) is 0 Å². The van der Waals surface area contributed by atoms with Crippen molar-refractivity contribution in [2.75, 3.05) is 12.8 Å². The molecule has 1 heterocycles. The van der Waals surface area contributed by atoms with Crippen molar-refractivity contribution in [3.63, 3.8) is 0 Å². The van der Waals surface area contributed by atoms with Gasteiger partial charge in [-0.2, -0.15) is 0 Å². The number of rotatable bonds is 1. The van der Waals surface area contributed by atoms with Crippen molar-refractivity contribution in [2.24, 2.45) is 4.99 Å². The fourth-order valence-electron chi connectivity index (χ4n) is 1.17. The first kappa shape index (κ1) is 9.51. The van der Waals surface area contributed by atoms with Crippen LogP contribution >= 0.6 is 0 Å². The second kappa shape index (κ2) is 3.89. The number of sulfonamides is 1. The molecule has 0 saturated heterocycles. The smallest absolute Gasteiger partial charge is 0.230 e. The monoisotopic (exact) mass is 190 g/mol. The zero-order chi connectivity index (χ0) is 9.03. The zero-order valence-corrected chi connectivity index (χ0v) is 8.02. The highest BCUT2D eigenvalue weighted by molar-refractivity contribution is 7.89. The first-order valence-corrected chi connectivity index (χ1v) is 5.98. The Bertz CT molecular complexity index is 269. The van der Waals surface area contributed by atoms with Gasteiger partial charge in [-0.15, -0.1) is 0 Å². The number of nitrogens with one attached hydrogen (secondary N) is 1. The quantitative estimate of drug-likeness (QED) is 0.655. The fraction of sp³-hybridized carbons (Fsp3) is 0.857. The number of amidine groups is 1. The summed E-state index contributed by atoms with van der Waals surface area (Å²) in [5, 5.41) is 0. The Morgan fingerprint density at radius 1 is 1.33 bits per heavy atom. The van der Waals surface area contributed by atoms with Crippen LogP contribution in [0, 0.1) is 0 Å². The summed E-state index contributed by atoms with van der Waals surface area (Å²) in [6.45, 7) is 0.748. The fourth-order valence-corrected chi connectivity index (χ4v) is 1.77. The summed E-state index contributed by atoms with van der Waals surface area (Å²) < 4.78 is 24.1. The normalized spacial score (nSPS) is 19.6. The Morgan fingerprint density at radius 3 is 2.75 bits per heavy atom. The zero-order valence-electron chi connectivity index (χ0n) is 7.21. The van der Waals surface area contributed by atoms with E-state index in [0.29, 0.717) is 5.84 Å². The van der Waals surface area contributed by atoms with Gasteiger partial charge in [-0.05, 0) is 12.8 Å². The second-order valence-electron chi connectivity index (χ2n) is 3.01. The molecule has 12 heavy (non-hydrogen) atoms. The molecule has 0 bridgehead atoms. The minimum atomic E-state index is -3.12. The predicted octanol–water partition coefficient (Wildman–Crippen LogP) is 0.508. The van der Waals surface area contributed by atoms with E-state index in [9.17, 15) is 8.42 Å². The van der Waals surface area contributed by atoms with E-state index < -0.39 is 10.0 Å². The van der Waals surface area contributed by atoms with Gasteiger partial charge in [0.25, 0.3) is 0 Å². The van der Waals surface area contributed by atoms with Gasteiger partial charge >= 0.3 is 0 Å². The first-order chi connectivity index (χ1) is 5.58. The van der Waals surface area contributed by atoms with Crippen LogP contribution in [0.5, 0.6) is 0 Å². The SMILES string of the molecule is CS(=O)(=O)NC1=NCCCCC1. The topological polar surface area (TPSA) is 58.5 Å². The summed E-state index contributed by atoms with van der Waals surface area (Å²) in [6, 6.07) is 0. The van der Waals surface area contributed by atoms with Gasteiger partial charge in [-0.25, -0.2) is 8.42 Å². The molecule has 0 aromatic carbocycles. The van der Waals surface area contributed by atoms with Crippen LogP contribution < -0.4 is 4.72 Å². The summed E-state index contributed by atoms with van der Waals surface area (Å²) in [6.07, 6.45) is 5.14. The first-order valence-electron chi connectivity index (χ1n) is 4.09. The van der Waals surface area contributed by atoms with Gasteiger partial charge in [0.1, 0.15) is 5.84 Å². The molecule has 0 unspecified atom stereocenters. The third-order valence-electron chi connectivity index (χ3n) is 1.68. The van der Waals surface area contributed by atoms with Crippen LogP contribution in [0.3, 0.4) is 0 Å². The van der Waals surface area contributed by atoms with Gasteiger partial charge in [0, 0.05) is 13.0 Å². The molecule has 1 N–H and O–H groups in total.